The van der Waals surface area contributed by atoms with Gasteiger partial charge in [0, 0.05) is 25.7 Å². The predicted octanol–water partition coefficient (Wildman–Crippen LogP) is 3.24. The van der Waals surface area contributed by atoms with Gasteiger partial charge >= 0.3 is 0 Å². The minimum atomic E-state index is -0.189. The third-order valence-corrected chi connectivity index (χ3v) is 4.71. The third kappa shape index (κ3) is 4.86. The highest BCUT2D eigenvalue weighted by atomic mass is 19.1. The molecule has 1 aliphatic rings. The number of aromatic nitrogens is 1. The van der Waals surface area contributed by atoms with E-state index in [1.165, 1.54) is 31.0 Å². The third-order valence-electron chi connectivity index (χ3n) is 4.71. The molecule has 0 bridgehead atoms. The zero-order valence-corrected chi connectivity index (χ0v) is 14.5. The van der Waals surface area contributed by atoms with Crippen LogP contribution in [0.5, 0.6) is 0 Å². The molecule has 0 aliphatic carbocycles. The van der Waals surface area contributed by atoms with Crippen molar-refractivity contribution in [3.05, 3.63) is 65.2 Å². The lowest BCUT2D eigenvalue weighted by Gasteiger charge is -2.25. The van der Waals surface area contributed by atoms with Gasteiger partial charge in [-0.1, -0.05) is 12.1 Å². The van der Waals surface area contributed by atoms with E-state index in [0.717, 1.165) is 37.2 Å². The van der Waals surface area contributed by atoms with Gasteiger partial charge in [0.25, 0.3) is 0 Å². The average molecular weight is 341 g/mol. The van der Waals surface area contributed by atoms with Crippen LogP contribution in [0.25, 0.3) is 0 Å². The van der Waals surface area contributed by atoms with E-state index in [2.05, 4.69) is 27.3 Å². The Labute approximate surface area is 148 Å². The van der Waals surface area contributed by atoms with Crippen molar-refractivity contribution in [3.8, 4) is 0 Å². The number of carbonyl (C=O) groups excluding carboxylic acids is 1. The lowest BCUT2D eigenvalue weighted by molar-refractivity contribution is -0.119. The summed E-state index contributed by atoms with van der Waals surface area (Å²) >= 11 is 0. The van der Waals surface area contributed by atoms with Crippen molar-refractivity contribution in [2.75, 3.05) is 13.1 Å². The highest BCUT2D eigenvalue weighted by Crippen LogP contribution is 2.32. The first kappa shape index (κ1) is 17.5. The van der Waals surface area contributed by atoms with Crippen molar-refractivity contribution < 1.29 is 9.18 Å². The van der Waals surface area contributed by atoms with Crippen molar-refractivity contribution in [2.45, 2.75) is 38.8 Å². The van der Waals surface area contributed by atoms with Crippen LogP contribution in [0, 0.1) is 5.82 Å². The van der Waals surface area contributed by atoms with Crippen molar-refractivity contribution >= 4 is 5.91 Å². The van der Waals surface area contributed by atoms with Crippen molar-refractivity contribution in [3.63, 3.8) is 0 Å². The van der Waals surface area contributed by atoms with E-state index in [4.69, 9.17) is 0 Å². The fourth-order valence-electron chi connectivity index (χ4n) is 3.41. The molecule has 1 fully saturated rings. The van der Waals surface area contributed by atoms with Crippen LogP contribution >= 0.6 is 0 Å². The van der Waals surface area contributed by atoms with Gasteiger partial charge in [0.05, 0.1) is 12.2 Å². The quantitative estimate of drug-likeness (QED) is 0.877. The fourth-order valence-corrected chi connectivity index (χ4v) is 3.41. The van der Waals surface area contributed by atoms with Gasteiger partial charge in [-0.2, -0.15) is 0 Å². The molecule has 132 valence electrons. The summed E-state index contributed by atoms with van der Waals surface area (Å²) in [6, 6.07) is 11.3. The molecule has 1 aromatic carbocycles. The summed E-state index contributed by atoms with van der Waals surface area (Å²) in [7, 11) is 0. The number of nitrogens with zero attached hydrogens (tertiary/aromatic N) is 2. The summed E-state index contributed by atoms with van der Waals surface area (Å²) in [6.07, 6.45) is 5.05. The number of nitrogens with one attached hydrogen (secondary N) is 1. The molecule has 25 heavy (non-hydrogen) atoms. The minimum absolute atomic E-state index is 0.0472. The Morgan fingerprint density at radius 2 is 2.12 bits per heavy atom. The number of hydrogen-bond donors (Lipinski definition) is 1. The maximum absolute atomic E-state index is 13.0. The summed E-state index contributed by atoms with van der Waals surface area (Å²) < 4.78 is 13.0. The molecule has 1 amide bonds. The van der Waals surface area contributed by atoms with Crippen LogP contribution < -0.4 is 5.32 Å². The Kier molecular flexibility index (Phi) is 5.76. The van der Waals surface area contributed by atoms with Crippen molar-refractivity contribution in [1.29, 1.82) is 0 Å². The Balaban J connectivity index is 1.63. The molecule has 3 rings (SSSR count). The van der Waals surface area contributed by atoms with Gasteiger partial charge in [-0.25, -0.2) is 4.39 Å². The molecule has 1 atom stereocenters. The van der Waals surface area contributed by atoms with Crippen LogP contribution in [0.4, 0.5) is 4.39 Å². The second-order valence-corrected chi connectivity index (χ2v) is 6.56. The number of hydrogen-bond acceptors (Lipinski definition) is 3. The van der Waals surface area contributed by atoms with E-state index in [9.17, 15) is 9.18 Å². The summed E-state index contributed by atoms with van der Waals surface area (Å²) in [6.45, 7) is 4.01. The van der Waals surface area contributed by atoms with Gasteiger partial charge < -0.3 is 5.32 Å². The number of benzene rings is 1. The van der Waals surface area contributed by atoms with E-state index in [1.54, 1.807) is 0 Å². The van der Waals surface area contributed by atoms with Gasteiger partial charge in [0.2, 0.25) is 5.91 Å². The van der Waals surface area contributed by atoms with Gasteiger partial charge in [-0.05, 0) is 61.2 Å². The molecular weight excluding hydrogens is 317 g/mol. The zero-order chi connectivity index (χ0) is 17.6. The van der Waals surface area contributed by atoms with Crippen LogP contribution in [-0.2, 0) is 17.8 Å². The van der Waals surface area contributed by atoms with Crippen LogP contribution in [0.3, 0.4) is 0 Å². The van der Waals surface area contributed by atoms with Gasteiger partial charge in [-0.3, -0.25) is 14.7 Å². The summed E-state index contributed by atoms with van der Waals surface area (Å²) in [5.74, 6) is -0.236. The average Bonchev–Trinajstić information content (AvgIpc) is 3.08. The predicted molar refractivity (Wildman–Crippen MR) is 95.4 cm³/mol. The van der Waals surface area contributed by atoms with E-state index >= 15 is 0 Å². The molecular formula is C20H24FN3O. The first-order chi connectivity index (χ1) is 12.1. The molecule has 1 aliphatic heterocycles. The van der Waals surface area contributed by atoms with Crippen molar-refractivity contribution in [1.82, 2.24) is 15.2 Å². The summed E-state index contributed by atoms with van der Waals surface area (Å²) in [5, 5.41) is 2.80. The second-order valence-electron chi connectivity index (χ2n) is 6.56. The first-order valence-electron chi connectivity index (χ1n) is 8.79. The van der Waals surface area contributed by atoms with E-state index < -0.39 is 0 Å². The monoisotopic (exact) mass is 341 g/mol. The van der Waals surface area contributed by atoms with Crippen LogP contribution in [0.1, 0.15) is 42.6 Å². The number of amides is 1. The fraction of sp³-hybridized carbons (Fsp3) is 0.400. The molecule has 0 spiro atoms. The van der Waals surface area contributed by atoms with E-state index in [0.29, 0.717) is 12.6 Å². The van der Waals surface area contributed by atoms with Crippen LogP contribution in [0.2, 0.25) is 0 Å². The largest absolute Gasteiger partial charge is 0.351 e. The Morgan fingerprint density at radius 3 is 2.88 bits per heavy atom. The van der Waals surface area contributed by atoms with Gasteiger partial charge in [0.1, 0.15) is 5.82 Å². The standard InChI is InChI=1S/C20H24FN3O/c1-15(25)23-14-19-13-17(8-10-22-19)20-3-2-11-24(20)12-9-16-4-6-18(21)7-5-16/h4-8,10,13,20H,2-3,9,11-12,14H2,1H3,(H,23,25)/t20-/m1/s1. The molecule has 1 aromatic heterocycles. The first-order valence-corrected chi connectivity index (χ1v) is 8.79. The lowest BCUT2D eigenvalue weighted by Crippen LogP contribution is -2.26. The molecule has 2 aromatic rings. The molecule has 0 unspecified atom stereocenters. The number of halogens is 1. The number of rotatable bonds is 6. The molecule has 0 radical (unpaired) electrons. The Bertz CT molecular complexity index is 717. The topological polar surface area (TPSA) is 45.2 Å². The molecule has 2 heterocycles. The van der Waals surface area contributed by atoms with E-state index in [1.807, 2.05) is 18.3 Å². The molecule has 5 heteroatoms. The minimum Gasteiger partial charge on any atom is -0.351 e. The second kappa shape index (κ2) is 8.21. The highest BCUT2D eigenvalue weighted by Gasteiger charge is 2.25. The maximum Gasteiger partial charge on any atom is 0.217 e. The number of carbonyl (C=O) groups is 1. The SMILES string of the molecule is CC(=O)NCc1cc([C@H]2CCCN2CCc2ccc(F)cc2)ccn1. The van der Waals surface area contributed by atoms with Crippen LogP contribution in [0.15, 0.2) is 42.6 Å². The normalized spacial score (nSPS) is 17.6. The molecule has 1 N–H and O–H groups in total. The molecule has 1 saturated heterocycles. The highest BCUT2D eigenvalue weighted by molar-refractivity contribution is 5.72. The van der Waals surface area contributed by atoms with Gasteiger partial charge in [0.15, 0.2) is 0 Å². The Morgan fingerprint density at radius 1 is 1.32 bits per heavy atom. The molecule has 0 saturated carbocycles. The number of likely N-dealkylation sites (tertiary alicyclic amines) is 1. The zero-order valence-electron chi connectivity index (χ0n) is 14.5. The van der Waals surface area contributed by atoms with Gasteiger partial charge in [-0.15, -0.1) is 0 Å². The smallest absolute Gasteiger partial charge is 0.217 e. The van der Waals surface area contributed by atoms with Crippen molar-refractivity contribution in [2.24, 2.45) is 0 Å². The maximum atomic E-state index is 13.0. The van der Waals surface area contributed by atoms with E-state index in [-0.39, 0.29) is 11.7 Å². The Hall–Kier alpha value is -2.27. The lowest BCUT2D eigenvalue weighted by atomic mass is 10.0. The van der Waals surface area contributed by atoms with Crippen LogP contribution in [-0.4, -0.2) is 28.9 Å². The molecule has 4 nitrogen and oxygen atoms in total. The summed E-state index contributed by atoms with van der Waals surface area (Å²) in [5.41, 5.74) is 3.30. The number of pyridine rings is 1. The summed E-state index contributed by atoms with van der Waals surface area (Å²) in [4.78, 5) is 17.9.